The van der Waals surface area contributed by atoms with E-state index in [1.807, 2.05) is 31.2 Å². The standard InChI is InChI=1S/C21H23F2N3O4S.Na.H/c1-14-18(11-31(27)20-25-16-4-2-3-5-17(16)26-20)24-7-6-19(14)28-8-15-9-29-21(12-22,13-23)30-10-15;;/h2-7,15H,8-13H2,1H3,(H,25,26);;/q;+1;-1. The number of para-hydroxylation sites is 2. The van der Waals surface area contributed by atoms with Crippen LogP contribution in [0.3, 0.4) is 0 Å². The number of hydrogen-bond acceptors (Lipinski definition) is 6. The van der Waals surface area contributed by atoms with Crippen LogP contribution >= 0.6 is 0 Å². The van der Waals surface area contributed by atoms with E-state index in [2.05, 4.69) is 15.0 Å². The molecule has 1 N–H and O–H groups in total. The molecule has 1 unspecified atom stereocenters. The van der Waals surface area contributed by atoms with Gasteiger partial charge in [0.2, 0.25) is 5.79 Å². The Morgan fingerprint density at radius 2 is 1.97 bits per heavy atom. The van der Waals surface area contributed by atoms with Crippen molar-refractivity contribution in [3.05, 3.63) is 47.8 Å². The third kappa shape index (κ3) is 5.55. The van der Waals surface area contributed by atoms with Crippen LogP contribution in [0.1, 0.15) is 12.7 Å². The number of ether oxygens (including phenoxy) is 3. The Bertz CT molecular complexity index is 1040. The van der Waals surface area contributed by atoms with E-state index in [0.717, 1.165) is 16.6 Å². The van der Waals surface area contributed by atoms with Gasteiger partial charge in [0.15, 0.2) is 5.16 Å². The van der Waals surface area contributed by atoms with Gasteiger partial charge in [0, 0.05) is 17.7 Å². The number of pyridine rings is 1. The van der Waals surface area contributed by atoms with Crippen LogP contribution in [0.4, 0.5) is 8.78 Å². The summed E-state index contributed by atoms with van der Waals surface area (Å²) >= 11 is 0. The number of benzene rings is 1. The smallest absolute Gasteiger partial charge is 1.00 e. The number of H-pyrrole nitrogens is 1. The summed E-state index contributed by atoms with van der Waals surface area (Å²) in [6, 6.07) is 9.22. The molecular weight excluding hydrogens is 451 g/mol. The van der Waals surface area contributed by atoms with Crippen LogP contribution in [-0.4, -0.2) is 58.1 Å². The second-order valence-corrected chi connectivity index (χ2v) is 8.77. The third-order valence-electron chi connectivity index (χ3n) is 5.16. The van der Waals surface area contributed by atoms with Gasteiger partial charge in [0.25, 0.3) is 0 Å². The molecular formula is C21H24F2N3NaO4S. The zero-order valence-corrected chi connectivity index (χ0v) is 20.8. The van der Waals surface area contributed by atoms with E-state index in [9.17, 15) is 13.0 Å². The van der Waals surface area contributed by atoms with Gasteiger partial charge in [-0.05, 0) is 25.1 Å². The van der Waals surface area contributed by atoms with E-state index < -0.39 is 29.9 Å². The monoisotopic (exact) mass is 475 g/mol. The summed E-state index contributed by atoms with van der Waals surface area (Å²) in [7, 11) is -1.40. The molecule has 1 aliphatic heterocycles. The van der Waals surface area contributed by atoms with Crippen LogP contribution in [0.15, 0.2) is 41.7 Å². The van der Waals surface area contributed by atoms with Crippen LogP contribution in [-0.2, 0) is 26.0 Å². The molecule has 1 aromatic carbocycles. The Morgan fingerprint density at radius 3 is 2.66 bits per heavy atom. The van der Waals surface area contributed by atoms with Crippen molar-refractivity contribution < 1.29 is 58.2 Å². The molecule has 168 valence electrons. The summed E-state index contributed by atoms with van der Waals surface area (Å²) in [6.07, 6.45) is 1.60. The van der Waals surface area contributed by atoms with E-state index >= 15 is 0 Å². The van der Waals surface area contributed by atoms with Gasteiger partial charge in [-0.25, -0.2) is 13.8 Å². The molecule has 0 aliphatic carbocycles. The van der Waals surface area contributed by atoms with Gasteiger partial charge in [-0.2, -0.15) is 0 Å². The van der Waals surface area contributed by atoms with Crippen molar-refractivity contribution in [1.82, 2.24) is 15.0 Å². The summed E-state index contributed by atoms with van der Waals surface area (Å²) in [5, 5.41) is 0.398. The van der Waals surface area contributed by atoms with Crippen molar-refractivity contribution in [3.8, 4) is 5.75 Å². The van der Waals surface area contributed by atoms with E-state index in [1.165, 1.54) is 0 Å². The first-order valence-corrected chi connectivity index (χ1v) is 11.2. The minimum Gasteiger partial charge on any atom is -1.00 e. The number of alkyl halides is 2. The van der Waals surface area contributed by atoms with Gasteiger partial charge in [0.1, 0.15) is 19.1 Å². The molecule has 7 nitrogen and oxygen atoms in total. The molecule has 3 aromatic rings. The minimum atomic E-state index is -1.78. The van der Waals surface area contributed by atoms with Crippen molar-refractivity contribution in [1.29, 1.82) is 0 Å². The molecule has 32 heavy (non-hydrogen) atoms. The van der Waals surface area contributed by atoms with Crippen molar-refractivity contribution >= 4 is 21.8 Å². The number of halogens is 2. The van der Waals surface area contributed by atoms with Gasteiger partial charge in [-0.3, -0.25) is 9.19 Å². The number of nitrogens with zero attached hydrogens (tertiary/aromatic N) is 2. The van der Waals surface area contributed by atoms with Crippen LogP contribution < -0.4 is 34.3 Å². The first-order chi connectivity index (χ1) is 15.0. The molecule has 0 amide bonds. The average molecular weight is 475 g/mol. The van der Waals surface area contributed by atoms with Crippen LogP contribution in [0.5, 0.6) is 5.75 Å². The number of fused-ring (bicyclic) bond motifs is 1. The molecule has 0 saturated carbocycles. The Labute approximate surface area is 210 Å². The maximum absolute atomic E-state index is 12.9. The van der Waals surface area contributed by atoms with E-state index in [4.69, 9.17) is 14.2 Å². The third-order valence-corrected chi connectivity index (χ3v) is 6.32. The quantitative estimate of drug-likeness (QED) is 0.474. The maximum atomic E-state index is 12.9. The number of rotatable bonds is 8. The van der Waals surface area contributed by atoms with Crippen molar-refractivity contribution in [3.63, 3.8) is 0 Å². The van der Waals surface area contributed by atoms with Gasteiger partial charge in [-0.15, -0.1) is 0 Å². The molecule has 11 heteroatoms. The van der Waals surface area contributed by atoms with Gasteiger partial charge >= 0.3 is 29.6 Å². The zero-order valence-electron chi connectivity index (χ0n) is 19.0. The number of imidazole rings is 1. The molecule has 4 rings (SSSR count). The number of hydrogen-bond donors (Lipinski definition) is 1. The van der Waals surface area contributed by atoms with Crippen LogP contribution in [0.25, 0.3) is 11.0 Å². The molecule has 3 heterocycles. The summed E-state index contributed by atoms with van der Waals surface area (Å²) < 4.78 is 55.0. The largest absolute Gasteiger partial charge is 1.00 e. The Kier molecular flexibility index (Phi) is 8.76. The van der Waals surface area contributed by atoms with E-state index in [-0.39, 0.29) is 62.5 Å². The summed E-state index contributed by atoms with van der Waals surface area (Å²) in [5.41, 5.74) is 3.00. The predicted octanol–water partition coefficient (Wildman–Crippen LogP) is 0.368. The molecule has 1 aliphatic rings. The first kappa shape index (κ1) is 25.2. The maximum Gasteiger partial charge on any atom is 1.00 e. The normalized spacial score (nSPS) is 17.1. The minimum absolute atomic E-state index is 0. The fourth-order valence-corrected chi connectivity index (χ4v) is 4.31. The molecule has 1 atom stereocenters. The fraction of sp³-hybridized carbons (Fsp3) is 0.429. The summed E-state index contributed by atoms with van der Waals surface area (Å²) in [6.45, 7) is 0.310. The Balaban J connectivity index is 0.00000193. The van der Waals surface area contributed by atoms with Crippen molar-refractivity contribution in [2.75, 3.05) is 33.2 Å². The Hall–Kier alpha value is -1.43. The van der Waals surface area contributed by atoms with Crippen LogP contribution in [0.2, 0.25) is 0 Å². The van der Waals surface area contributed by atoms with E-state index in [0.29, 0.717) is 16.6 Å². The fourth-order valence-electron chi connectivity index (χ4n) is 3.21. The molecule has 0 radical (unpaired) electrons. The summed E-state index contributed by atoms with van der Waals surface area (Å²) in [5.74, 6) is -1.16. The number of aromatic amines is 1. The molecule has 0 bridgehead atoms. The Morgan fingerprint density at radius 1 is 1.25 bits per heavy atom. The molecule has 1 fully saturated rings. The number of aromatic nitrogens is 3. The molecule has 0 spiro atoms. The van der Waals surface area contributed by atoms with Gasteiger partial charge in [-0.1, -0.05) is 12.1 Å². The average Bonchev–Trinajstić information content (AvgIpc) is 3.25. The number of nitrogens with one attached hydrogen (secondary N) is 1. The van der Waals surface area contributed by atoms with Crippen LogP contribution in [0, 0.1) is 12.8 Å². The molecule has 1 saturated heterocycles. The van der Waals surface area contributed by atoms with Crippen molar-refractivity contribution in [2.45, 2.75) is 23.6 Å². The second-order valence-electron chi connectivity index (χ2n) is 7.41. The van der Waals surface area contributed by atoms with Gasteiger partial charge in [0.05, 0.1) is 53.1 Å². The van der Waals surface area contributed by atoms with E-state index in [1.54, 1.807) is 12.3 Å². The zero-order chi connectivity index (χ0) is 21.8. The molecule has 2 aromatic heterocycles. The predicted molar refractivity (Wildman–Crippen MR) is 112 cm³/mol. The summed E-state index contributed by atoms with van der Waals surface area (Å²) in [4.78, 5) is 11.8. The van der Waals surface area contributed by atoms with Gasteiger partial charge < -0.3 is 20.6 Å². The topological polar surface area (TPSA) is 86.3 Å². The van der Waals surface area contributed by atoms with Crippen molar-refractivity contribution in [2.24, 2.45) is 5.92 Å². The first-order valence-electron chi connectivity index (χ1n) is 9.84. The second kappa shape index (κ2) is 11.1. The SMILES string of the molecule is Cc1c(OCC2COC(CF)(CF)OC2)ccnc1CS(=O)c1nc2ccccc2[nH]1.[H-].[Na+].